The zero-order chi connectivity index (χ0) is 8.33. The lowest BCUT2D eigenvalue weighted by atomic mass is 11.2. The Bertz CT molecular complexity index is 316. The summed E-state index contributed by atoms with van der Waals surface area (Å²) in [6, 6.07) is 0. The van der Waals surface area contributed by atoms with E-state index >= 15 is 0 Å². The average molecular weight is 204 g/mol. The van der Waals surface area contributed by atoms with Gasteiger partial charge in [-0.1, -0.05) is 0 Å². The zero-order valence-electron chi connectivity index (χ0n) is 4.58. The van der Waals surface area contributed by atoms with Gasteiger partial charge >= 0.3 is 27.0 Å². The van der Waals surface area contributed by atoms with E-state index in [2.05, 4.69) is 16.7 Å². The first-order valence-corrected chi connectivity index (χ1v) is 4.82. The van der Waals surface area contributed by atoms with E-state index < -0.39 is 27.0 Å². The summed E-state index contributed by atoms with van der Waals surface area (Å²) in [6.07, 6.45) is -2.36. The van der Waals surface area contributed by atoms with E-state index in [0.717, 1.165) is 0 Å². The molecular formula is CO8S2. The molecule has 0 radical (unpaired) electrons. The average Bonchev–Trinajstić information content (AvgIpc) is 1.52. The van der Waals surface area contributed by atoms with Crippen LogP contribution in [0.25, 0.3) is 0 Å². The fourth-order valence-corrected chi connectivity index (χ4v) is 2.04. The van der Waals surface area contributed by atoms with Crippen LogP contribution in [0.5, 0.6) is 0 Å². The quantitative estimate of drug-likeness (QED) is 0.454. The minimum absolute atomic E-state index is 2.36. The molecule has 0 aromatic carbocycles. The third-order valence-electron chi connectivity index (χ3n) is 0.816. The second-order valence-corrected chi connectivity index (χ2v) is 3.95. The van der Waals surface area contributed by atoms with Gasteiger partial charge in [-0.3, -0.25) is 0 Å². The van der Waals surface area contributed by atoms with E-state index in [1.807, 2.05) is 0 Å². The molecule has 2 fully saturated rings. The minimum atomic E-state index is -4.11. The number of hydrogen-bond acceptors (Lipinski definition) is 8. The van der Waals surface area contributed by atoms with Gasteiger partial charge in [0.1, 0.15) is 0 Å². The van der Waals surface area contributed by atoms with Gasteiger partial charge in [0, 0.05) is 0 Å². The molecule has 8 nitrogen and oxygen atoms in total. The highest BCUT2D eigenvalue weighted by atomic mass is 32.3. The maximum atomic E-state index is 10.1. The largest absolute Gasteiger partial charge is 0.477 e. The van der Waals surface area contributed by atoms with Crippen LogP contribution in [-0.2, 0) is 37.5 Å². The molecule has 1 spiro atoms. The lowest BCUT2D eigenvalue weighted by molar-refractivity contribution is -0.453. The monoisotopic (exact) mass is 204 g/mol. The van der Waals surface area contributed by atoms with Crippen molar-refractivity contribution in [2.24, 2.45) is 0 Å². The van der Waals surface area contributed by atoms with Gasteiger partial charge in [0.05, 0.1) is 0 Å². The summed E-state index contributed by atoms with van der Waals surface area (Å²) in [5.74, 6) is 0. The molecule has 0 unspecified atom stereocenters. The smallest absolute Gasteiger partial charge is 0.169 e. The van der Waals surface area contributed by atoms with Crippen LogP contribution in [-0.4, -0.2) is 23.0 Å². The minimum Gasteiger partial charge on any atom is -0.169 e. The first kappa shape index (κ1) is 7.39. The maximum absolute atomic E-state index is 10.1. The molecule has 0 aliphatic carbocycles. The van der Waals surface area contributed by atoms with E-state index in [1.54, 1.807) is 0 Å². The van der Waals surface area contributed by atoms with Crippen molar-refractivity contribution in [1.82, 2.24) is 0 Å². The van der Waals surface area contributed by atoms with Crippen molar-refractivity contribution in [3.63, 3.8) is 0 Å². The van der Waals surface area contributed by atoms with E-state index in [0.29, 0.717) is 0 Å². The van der Waals surface area contributed by atoms with Gasteiger partial charge in [0.2, 0.25) is 0 Å². The molecule has 0 amide bonds. The summed E-state index contributed by atoms with van der Waals surface area (Å²) in [7, 11) is -8.23. The SMILES string of the molecule is O=S1(=O)OC2(O1)OS(=O)(=O)O2. The van der Waals surface area contributed by atoms with Crippen LogP contribution >= 0.6 is 0 Å². The Morgan fingerprint density at radius 2 is 1.00 bits per heavy atom. The van der Waals surface area contributed by atoms with Crippen LogP contribution < -0.4 is 0 Å². The van der Waals surface area contributed by atoms with Gasteiger partial charge in [-0.2, -0.15) is 33.6 Å². The van der Waals surface area contributed by atoms with Crippen LogP contribution in [0, 0.1) is 0 Å². The second kappa shape index (κ2) is 1.57. The van der Waals surface area contributed by atoms with Crippen LogP contribution in [0.15, 0.2) is 0 Å². The van der Waals surface area contributed by atoms with Crippen LogP contribution in [0.1, 0.15) is 0 Å². The van der Waals surface area contributed by atoms with Crippen LogP contribution in [0.4, 0.5) is 0 Å². The van der Waals surface area contributed by atoms with Crippen LogP contribution in [0.3, 0.4) is 0 Å². The van der Waals surface area contributed by atoms with E-state index in [-0.39, 0.29) is 0 Å². The van der Waals surface area contributed by atoms with Crippen molar-refractivity contribution in [1.29, 1.82) is 0 Å². The Labute approximate surface area is 61.3 Å². The summed E-state index contributed by atoms with van der Waals surface area (Å²) in [6.45, 7) is 0. The standard InChI is InChI=1S/CO8S2/c2-10(3)6-1(7-10)8-11(4,5)9-1. The Morgan fingerprint density at radius 1 is 0.727 bits per heavy atom. The highest BCUT2D eigenvalue weighted by molar-refractivity contribution is 7.84. The molecular weight excluding hydrogens is 204 g/mol. The molecule has 2 aliphatic rings. The molecule has 0 atom stereocenters. The number of rotatable bonds is 0. The molecule has 0 aromatic rings. The van der Waals surface area contributed by atoms with Gasteiger partial charge in [0.25, 0.3) is 0 Å². The lowest BCUT2D eigenvalue weighted by Crippen LogP contribution is -2.63. The third-order valence-corrected chi connectivity index (χ3v) is 2.45. The van der Waals surface area contributed by atoms with Crippen molar-refractivity contribution in [3.05, 3.63) is 0 Å². The molecule has 2 rings (SSSR count). The predicted octanol–water partition coefficient (Wildman–Crippen LogP) is -1.82. The molecule has 0 aromatic heterocycles. The van der Waals surface area contributed by atoms with Gasteiger partial charge in [-0.05, 0) is 0 Å². The molecule has 0 bridgehead atoms. The molecule has 2 heterocycles. The van der Waals surface area contributed by atoms with Crippen molar-refractivity contribution >= 4 is 20.8 Å². The first-order chi connectivity index (χ1) is 4.83. The van der Waals surface area contributed by atoms with Crippen LogP contribution in [0.2, 0.25) is 0 Å². The molecule has 0 saturated carbocycles. The lowest BCUT2D eigenvalue weighted by Gasteiger charge is -2.39. The molecule has 11 heavy (non-hydrogen) atoms. The zero-order valence-corrected chi connectivity index (χ0v) is 6.22. The van der Waals surface area contributed by atoms with E-state index in [9.17, 15) is 16.8 Å². The van der Waals surface area contributed by atoms with Crippen molar-refractivity contribution in [2.75, 3.05) is 0 Å². The molecule has 2 aliphatic heterocycles. The topological polar surface area (TPSA) is 105 Å². The molecule has 10 heteroatoms. The van der Waals surface area contributed by atoms with Crippen molar-refractivity contribution in [3.8, 4) is 0 Å². The normalized spacial score (nSPS) is 35.6. The highest BCUT2D eigenvalue weighted by Crippen LogP contribution is 2.43. The Morgan fingerprint density at radius 3 is 1.18 bits per heavy atom. The molecule has 2 saturated heterocycles. The third kappa shape index (κ3) is 1.04. The Balaban J connectivity index is 2.15. The van der Waals surface area contributed by atoms with E-state index in [1.165, 1.54) is 0 Å². The van der Waals surface area contributed by atoms with Gasteiger partial charge in [-0.15, -0.1) is 0 Å². The van der Waals surface area contributed by atoms with Gasteiger partial charge in [0.15, 0.2) is 0 Å². The Kier molecular flexibility index (Phi) is 1.06. The fourth-order valence-electron chi connectivity index (χ4n) is 0.568. The number of hydrogen-bond donors (Lipinski definition) is 0. The van der Waals surface area contributed by atoms with Crippen molar-refractivity contribution in [2.45, 2.75) is 6.16 Å². The molecule has 64 valence electrons. The Hall–Kier alpha value is -0.260. The summed E-state index contributed by atoms with van der Waals surface area (Å²) in [5, 5.41) is 0. The molecule has 0 N–H and O–H groups in total. The summed E-state index contributed by atoms with van der Waals surface area (Å²) >= 11 is 0. The fraction of sp³-hybridized carbons (Fsp3) is 1.00. The maximum Gasteiger partial charge on any atom is 0.477 e. The predicted molar refractivity (Wildman–Crippen MR) is 24.9 cm³/mol. The van der Waals surface area contributed by atoms with Crippen molar-refractivity contribution < 1.29 is 33.6 Å². The van der Waals surface area contributed by atoms with Gasteiger partial charge in [-0.25, -0.2) is 0 Å². The summed E-state index contributed by atoms with van der Waals surface area (Å²) in [5.41, 5.74) is 0. The summed E-state index contributed by atoms with van der Waals surface area (Å²) < 4.78 is 55.7. The summed E-state index contributed by atoms with van der Waals surface area (Å²) in [4.78, 5) is 0. The first-order valence-electron chi connectivity index (χ1n) is 2.15. The van der Waals surface area contributed by atoms with E-state index in [4.69, 9.17) is 0 Å². The van der Waals surface area contributed by atoms with Gasteiger partial charge < -0.3 is 0 Å². The highest BCUT2D eigenvalue weighted by Gasteiger charge is 2.69. The second-order valence-electron chi connectivity index (χ2n) is 1.65.